The lowest BCUT2D eigenvalue weighted by Crippen LogP contribution is -2.29. The van der Waals surface area contributed by atoms with Gasteiger partial charge in [-0.05, 0) is 35.4 Å². The largest absolute Gasteiger partial charge is 0.269 e. The molecule has 0 saturated heterocycles. The van der Waals surface area contributed by atoms with Crippen LogP contribution in [0.15, 0.2) is 60.7 Å². The first kappa shape index (κ1) is 18.2. The van der Waals surface area contributed by atoms with Crippen LogP contribution < -0.4 is 9.80 Å². The monoisotopic (exact) mass is 412 g/mol. The number of imide groups is 2. The van der Waals surface area contributed by atoms with Gasteiger partial charge in [0.2, 0.25) is 0 Å². The van der Waals surface area contributed by atoms with Crippen molar-refractivity contribution in [3.05, 3.63) is 70.7 Å². The van der Waals surface area contributed by atoms with Crippen LogP contribution in [0.5, 0.6) is 0 Å². The van der Waals surface area contributed by atoms with Crippen LogP contribution in [0.3, 0.4) is 0 Å². The van der Waals surface area contributed by atoms with Gasteiger partial charge in [-0.25, -0.2) is 9.80 Å². The Hall–Kier alpha value is -3.22. The molecule has 4 amide bonds. The predicted octanol–water partition coefficient (Wildman–Crippen LogP) is 3.52. The Labute approximate surface area is 169 Å². The third kappa shape index (κ3) is 2.93. The van der Waals surface area contributed by atoms with Crippen LogP contribution in [0.4, 0.5) is 11.4 Å². The number of halogens is 2. The van der Waals surface area contributed by atoms with Crippen molar-refractivity contribution in [2.45, 2.75) is 0 Å². The first-order chi connectivity index (χ1) is 13.4. The molecule has 0 N–H and O–H groups in total. The average molecular weight is 413 g/mol. The Morgan fingerprint density at radius 1 is 0.536 bits per heavy atom. The summed E-state index contributed by atoms with van der Waals surface area (Å²) >= 11 is 12.6. The summed E-state index contributed by atoms with van der Waals surface area (Å²) in [4.78, 5) is 49.3. The van der Waals surface area contributed by atoms with Gasteiger partial charge < -0.3 is 0 Å². The topological polar surface area (TPSA) is 74.8 Å². The zero-order valence-corrected chi connectivity index (χ0v) is 15.6. The molecule has 0 radical (unpaired) electrons. The number of benzene rings is 2. The molecule has 138 valence electrons. The zero-order chi connectivity index (χ0) is 20.0. The van der Waals surface area contributed by atoms with Gasteiger partial charge in [-0.2, -0.15) is 0 Å². The maximum Gasteiger partial charge on any atom is 0.258 e. The summed E-state index contributed by atoms with van der Waals surface area (Å²) in [7, 11) is 0. The van der Waals surface area contributed by atoms with Gasteiger partial charge in [0.25, 0.3) is 23.6 Å². The van der Waals surface area contributed by atoms with Crippen molar-refractivity contribution < 1.29 is 19.2 Å². The Balaban J connectivity index is 1.67. The van der Waals surface area contributed by atoms with E-state index in [0.717, 1.165) is 9.80 Å². The van der Waals surface area contributed by atoms with E-state index in [1.807, 2.05) is 0 Å². The summed E-state index contributed by atoms with van der Waals surface area (Å²) in [5.41, 5.74) is 1.94. The van der Waals surface area contributed by atoms with E-state index >= 15 is 0 Å². The van der Waals surface area contributed by atoms with E-state index in [4.69, 9.17) is 23.2 Å². The summed E-state index contributed by atoms with van der Waals surface area (Å²) in [6, 6.07) is 9.74. The summed E-state index contributed by atoms with van der Waals surface area (Å²) < 4.78 is 0. The van der Waals surface area contributed by atoms with E-state index in [9.17, 15) is 19.2 Å². The Morgan fingerprint density at radius 3 is 1.14 bits per heavy atom. The number of hydrogen-bond donors (Lipinski definition) is 0. The van der Waals surface area contributed by atoms with Crippen molar-refractivity contribution in [3.8, 4) is 11.1 Å². The van der Waals surface area contributed by atoms with Gasteiger partial charge in [-0.1, -0.05) is 35.3 Å². The van der Waals surface area contributed by atoms with Crippen molar-refractivity contribution in [2.75, 3.05) is 9.80 Å². The zero-order valence-electron chi connectivity index (χ0n) is 14.1. The number of carbonyl (C=O) groups excluding carboxylic acids is 4. The summed E-state index contributed by atoms with van der Waals surface area (Å²) in [5, 5.41) is 0.439. The molecule has 2 aliphatic rings. The average Bonchev–Trinajstić information content (AvgIpc) is 3.17. The van der Waals surface area contributed by atoms with Gasteiger partial charge in [0.1, 0.15) is 0 Å². The lowest BCUT2D eigenvalue weighted by atomic mass is 10.0. The highest BCUT2D eigenvalue weighted by atomic mass is 35.5. The fraction of sp³-hybridized carbons (Fsp3) is 0. The van der Waals surface area contributed by atoms with E-state index in [1.165, 1.54) is 24.3 Å². The molecular formula is C20H10Cl2N2O4. The van der Waals surface area contributed by atoms with E-state index in [-0.39, 0.29) is 21.4 Å². The van der Waals surface area contributed by atoms with Crippen molar-refractivity contribution in [3.63, 3.8) is 0 Å². The van der Waals surface area contributed by atoms with Crippen LogP contribution in [-0.4, -0.2) is 23.6 Å². The smallest absolute Gasteiger partial charge is 0.258 e. The van der Waals surface area contributed by atoms with Crippen LogP contribution in [0.2, 0.25) is 10.0 Å². The summed E-state index contributed by atoms with van der Waals surface area (Å²) in [6.45, 7) is 0. The molecular weight excluding hydrogens is 403 g/mol. The second-order valence-electron chi connectivity index (χ2n) is 6.02. The number of amides is 4. The molecule has 2 aromatic rings. The molecule has 0 fully saturated rings. The summed E-state index contributed by atoms with van der Waals surface area (Å²) in [6.07, 6.45) is 4.73. The normalized spacial score (nSPS) is 16.1. The van der Waals surface area contributed by atoms with Crippen molar-refractivity contribution in [2.24, 2.45) is 0 Å². The van der Waals surface area contributed by atoms with Crippen LogP contribution in [0.25, 0.3) is 11.1 Å². The van der Waals surface area contributed by atoms with Gasteiger partial charge in [0.05, 0.1) is 21.4 Å². The molecule has 0 bridgehead atoms. The molecule has 6 nitrogen and oxygen atoms in total. The molecule has 0 aromatic heterocycles. The molecule has 0 unspecified atom stereocenters. The standard InChI is InChI=1S/C20H10Cl2N2O4/c21-13-9-11(1-3-15(13)23-17(25)5-6-18(23)26)12-2-4-16(14(22)10-12)24-19(27)7-8-20(24)28/h1-10H. The first-order valence-corrected chi connectivity index (χ1v) is 8.84. The fourth-order valence-electron chi connectivity index (χ4n) is 3.01. The predicted molar refractivity (Wildman–Crippen MR) is 105 cm³/mol. The molecule has 2 aliphatic heterocycles. The van der Waals surface area contributed by atoms with Crippen molar-refractivity contribution in [1.29, 1.82) is 0 Å². The number of nitrogens with zero attached hydrogens (tertiary/aromatic N) is 2. The second kappa shape index (κ2) is 6.74. The minimum Gasteiger partial charge on any atom is -0.269 e. The van der Waals surface area contributed by atoms with Crippen LogP contribution in [0, 0.1) is 0 Å². The van der Waals surface area contributed by atoms with Gasteiger partial charge in [-0.3, -0.25) is 19.2 Å². The molecule has 28 heavy (non-hydrogen) atoms. The maximum absolute atomic E-state index is 11.8. The van der Waals surface area contributed by atoms with Gasteiger partial charge in [0, 0.05) is 24.3 Å². The van der Waals surface area contributed by atoms with Gasteiger partial charge in [0.15, 0.2) is 0 Å². The van der Waals surface area contributed by atoms with E-state index in [0.29, 0.717) is 11.1 Å². The Kier molecular flexibility index (Phi) is 4.37. The number of anilines is 2. The third-order valence-electron chi connectivity index (χ3n) is 4.33. The number of carbonyl (C=O) groups is 4. The Morgan fingerprint density at radius 2 is 0.857 bits per heavy atom. The van der Waals surface area contributed by atoms with E-state index in [2.05, 4.69) is 0 Å². The van der Waals surface area contributed by atoms with Gasteiger partial charge >= 0.3 is 0 Å². The highest BCUT2D eigenvalue weighted by Crippen LogP contribution is 2.36. The molecule has 2 heterocycles. The number of hydrogen-bond acceptors (Lipinski definition) is 4. The highest BCUT2D eigenvalue weighted by Gasteiger charge is 2.28. The second-order valence-corrected chi connectivity index (χ2v) is 6.84. The van der Waals surface area contributed by atoms with Crippen molar-refractivity contribution in [1.82, 2.24) is 0 Å². The quantitative estimate of drug-likeness (QED) is 0.722. The van der Waals surface area contributed by atoms with E-state index in [1.54, 1.807) is 36.4 Å². The highest BCUT2D eigenvalue weighted by molar-refractivity contribution is 6.38. The van der Waals surface area contributed by atoms with Crippen molar-refractivity contribution >= 4 is 58.2 Å². The molecule has 0 saturated carbocycles. The van der Waals surface area contributed by atoms with Gasteiger partial charge in [-0.15, -0.1) is 0 Å². The third-order valence-corrected chi connectivity index (χ3v) is 4.93. The molecule has 0 aliphatic carbocycles. The maximum atomic E-state index is 11.8. The molecule has 0 atom stereocenters. The first-order valence-electron chi connectivity index (χ1n) is 8.08. The lowest BCUT2D eigenvalue weighted by Gasteiger charge is -2.18. The van der Waals surface area contributed by atoms with E-state index < -0.39 is 23.6 Å². The van der Waals surface area contributed by atoms with Crippen LogP contribution in [0.1, 0.15) is 0 Å². The summed E-state index contributed by atoms with van der Waals surface area (Å²) in [5.74, 6) is -1.83. The minimum absolute atomic E-state index is 0.220. The molecule has 0 spiro atoms. The lowest BCUT2D eigenvalue weighted by molar-refractivity contribution is -0.121. The molecule has 2 aromatic carbocycles. The minimum atomic E-state index is -0.458. The molecule has 8 heteroatoms. The Bertz CT molecular complexity index is 1010. The van der Waals surface area contributed by atoms with Crippen LogP contribution >= 0.6 is 23.2 Å². The number of rotatable bonds is 3. The van der Waals surface area contributed by atoms with Crippen LogP contribution in [-0.2, 0) is 19.2 Å². The fourth-order valence-corrected chi connectivity index (χ4v) is 3.54. The molecule has 4 rings (SSSR count). The SMILES string of the molecule is O=C1C=CC(=O)N1c1ccc(-c2ccc(N3C(=O)C=CC3=O)c(Cl)c2)cc1Cl.